The van der Waals surface area contributed by atoms with Crippen LogP contribution in [-0.4, -0.2) is 54.8 Å². The lowest BCUT2D eigenvalue weighted by atomic mass is 9.81. The summed E-state index contributed by atoms with van der Waals surface area (Å²) in [6.45, 7) is 0.163. The number of likely N-dealkylation sites (tertiary alicyclic amines) is 1. The summed E-state index contributed by atoms with van der Waals surface area (Å²) in [5.74, 6) is -0.811. The van der Waals surface area contributed by atoms with Crippen LogP contribution in [0.5, 0.6) is 5.75 Å². The van der Waals surface area contributed by atoms with Crippen LogP contribution >= 0.6 is 0 Å². The van der Waals surface area contributed by atoms with Crippen molar-refractivity contribution in [2.24, 2.45) is 11.8 Å². The van der Waals surface area contributed by atoms with E-state index in [0.717, 1.165) is 25.7 Å². The van der Waals surface area contributed by atoms with Crippen LogP contribution in [0.1, 0.15) is 32.1 Å². The van der Waals surface area contributed by atoms with Gasteiger partial charge in [-0.25, -0.2) is 0 Å². The van der Waals surface area contributed by atoms with Crippen molar-refractivity contribution >= 4 is 29.3 Å². The Morgan fingerprint density at radius 3 is 2.41 bits per heavy atom. The van der Waals surface area contributed by atoms with Gasteiger partial charge in [-0.2, -0.15) is 0 Å². The number of carbonyl (C=O) groups is 4. The Hall–Kier alpha value is -2.90. The summed E-state index contributed by atoms with van der Waals surface area (Å²) in [5.41, 5.74) is 0.588. The number of nitrogens with one attached hydrogen (secondary N) is 1. The molecule has 3 atom stereocenters. The molecule has 0 unspecified atom stereocenters. The minimum Gasteiger partial charge on any atom is -0.477 e. The fourth-order valence-corrected chi connectivity index (χ4v) is 4.56. The van der Waals surface area contributed by atoms with Gasteiger partial charge >= 0.3 is 0 Å². The maximum Gasteiger partial charge on any atom is 0.262 e. The standard InChI is InChI=1S/C21H25N3O5/c1-22-19(26)17-12-24(15-8-4-5-9-16(15)29-17)18(25)10-11-23-20(27)13-6-2-3-7-14(13)21(23)28/h4-5,8-9,13-14,17H,2-3,6-7,10-12H2,1H3,(H,22,26)/t13-,14-,17-/m0/s1. The summed E-state index contributed by atoms with van der Waals surface area (Å²) in [6.07, 6.45) is 2.66. The second kappa shape index (κ2) is 7.85. The molecule has 0 aromatic heterocycles. The van der Waals surface area contributed by atoms with E-state index in [1.54, 1.807) is 24.3 Å². The Morgan fingerprint density at radius 1 is 1.10 bits per heavy atom. The molecule has 0 radical (unpaired) electrons. The molecular weight excluding hydrogens is 374 g/mol. The predicted molar refractivity (Wildman–Crippen MR) is 104 cm³/mol. The number of nitrogens with zero attached hydrogens (tertiary/aromatic N) is 2. The van der Waals surface area contributed by atoms with E-state index in [2.05, 4.69) is 5.32 Å². The minimum absolute atomic E-state index is 0.0196. The molecule has 2 aliphatic heterocycles. The molecule has 1 aliphatic carbocycles. The molecule has 1 N–H and O–H groups in total. The molecule has 1 aromatic carbocycles. The van der Waals surface area contributed by atoms with Crippen LogP contribution in [0, 0.1) is 11.8 Å². The smallest absolute Gasteiger partial charge is 0.262 e. The second-order valence-electron chi connectivity index (χ2n) is 7.77. The average molecular weight is 399 g/mol. The fraction of sp³-hybridized carbons (Fsp3) is 0.524. The molecule has 8 nitrogen and oxygen atoms in total. The highest BCUT2D eigenvalue weighted by Gasteiger charge is 2.48. The van der Waals surface area contributed by atoms with Gasteiger partial charge in [-0.05, 0) is 25.0 Å². The van der Waals surface area contributed by atoms with E-state index in [0.29, 0.717) is 11.4 Å². The Labute approximate surface area is 169 Å². The van der Waals surface area contributed by atoms with E-state index in [9.17, 15) is 19.2 Å². The topological polar surface area (TPSA) is 96.0 Å². The molecule has 0 bridgehead atoms. The molecule has 1 saturated heterocycles. The molecule has 4 rings (SSSR count). The fourth-order valence-electron chi connectivity index (χ4n) is 4.56. The van der Waals surface area contributed by atoms with Gasteiger partial charge in [0.2, 0.25) is 17.7 Å². The molecule has 3 aliphatic rings. The van der Waals surface area contributed by atoms with E-state index in [4.69, 9.17) is 4.74 Å². The van der Waals surface area contributed by atoms with Crippen LogP contribution in [0.4, 0.5) is 5.69 Å². The molecule has 1 aromatic rings. The molecule has 2 heterocycles. The summed E-state index contributed by atoms with van der Waals surface area (Å²) in [4.78, 5) is 53.1. The van der Waals surface area contributed by atoms with Crippen LogP contribution in [0.25, 0.3) is 0 Å². The van der Waals surface area contributed by atoms with E-state index in [-0.39, 0.29) is 55.0 Å². The number of ether oxygens (including phenoxy) is 1. The third kappa shape index (κ3) is 3.47. The van der Waals surface area contributed by atoms with Crippen molar-refractivity contribution in [2.75, 3.05) is 25.0 Å². The molecule has 2 fully saturated rings. The first-order valence-electron chi connectivity index (χ1n) is 10.1. The van der Waals surface area contributed by atoms with Crippen molar-refractivity contribution in [3.05, 3.63) is 24.3 Å². The lowest BCUT2D eigenvalue weighted by Gasteiger charge is -2.34. The molecule has 0 spiro atoms. The van der Waals surface area contributed by atoms with Crippen LogP contribution < -0.4 is 15.0 Å². The highest BCUT2D eigenvalue weighted by atomic mass is 16.5. The van der Waals surface area contributed by atoms with Crippen molar-refractivity contribution in [1.29, 1.82) is 0 Å². The van der Waals surface area contributed by atoms with E-state index in [1.165, 1.54) is 16.8 Å². The van der Waals surface area contributed by atoms with Gasteiger partial charge in [0.1, 0.15) is 5.75 Å². The van der Waals surface area contributed by atoms with Gasteiger partial charge in [-0.3, -0.25) is 24.1 Å². The SMILES string of the molecule is CNC(=O)[C@@H]1CN(C(=O)CCN2C(=O)[C@H]3CCCC[C@@H]3C2=O)c2ccccc2O1. The first-order valence-corrected chi connectivity index (χ1v) is 10.1. The van der Waals surface area contributed by atoms with Gasteiger partial charge in [0, 0.05) is 20.0 Å². The Morgan fingerprint density at radius 2 is 1.76 bits per heavy atom. The van der Waals surface area contributed by atoms with Crippen LogP contribution in [0.3, 0.4) is 0 Å². The maximum atomic E-state index is 13.0. The Bertz CT molecular complexity index is 830. The first kappa shape index (κ1) is 19.4. The van der Waals surface area contributed by atoms with Crippen LogP contribution in [0.2, 0.25) is 0 Å². The van der Waals surface area contributed by atoms with E-state index < -0.39 is 6.10 Å². The summed E-state index contributed by atoms with van der Waals surface area (Å²) >= 11 is 0. The number of imide groups is 1. The molecule has 154 valence electrons. The molecule has 29 heavy (non-hydrogen) atoms. The average Bonchev–Trinajstić information content (AvgIpc) is 3.00. The number of hydrogen-bond donors (Lipinski definition) is 1. The number of anilines is 1. The molecule has 1 saturated carbocycles. The first-order chi connectivity index (χ1) is 14.0. The predicted octanol–water partition coefficient (Wildman–Crippen LogP) is 1.09. The number of likely N-dealkylation sites (N-methyl/N-ethyl adjacent to an activating group) is 1. The van der Waals surface area contributed by atoms with Gasteiger partial charge in [0.15, 0.2) is 6.10 Å². The van der Waals surface area contributed by atoms with Crippen molar-refractivity contribution in [3.63, 3.8) is 0 Å². The number of hydrogen-bond acceptors (Lipinski definition) is 5. The summed E-state index contributed by atoms with van der Waals surface area (Å²) < 4.78 is 5.72. The Balaban J connectivity index is 1.47. The van der Waals surface area contributed by atoms with E-state index in [1.807, 2.05) is 0 Å². The maximum absolute atomic E-state index is 13.0. The lowest BCUT2D eigenvalue weighted by Crippen LogP contribution is -2.50. The number of fused-ring (bicyclic) bond motifs is 2. The van der Waals surface area contributed by atoms with Gasteiger partial charge in [-0.1, -0.05) is 25.0 Å². The zero-order chi connectivity index (χ0) is 20.5. The van der Waals surface area contributed by atoms with Crippen LogP contribution in [-0.2, 0) is 19.2 Å². The normalized spacial score (nSPS) is 25.9. The van der Waals surface area contributed by atoms with Gasteiger partial charge < -0.3 is 15.0 Å². The summed E-state index contributed by atoms with van der Waals surface area (Å²) in [5, 5.41) is 2.54. The van der Waals surface area contributed by atoms with Crippen molar-refractivity contribution in [2.45, 2.75) is 38.2 Å². The molecular formula is C21H25N3O5. The van der Waals surface area contributed by atoms with Gasteiger partial charge in [-0.15, -0.1) is 0 Å². The Kier molecular flexibility index (Phi) is 5.25. The number of rotatable bonds is 4. The number of amides is 4. The molecule has 8 heteroatoms. The summed E-state index contributed by atoms with van der Waals surface area (Å²) in [7, 11) is 1.52. The second-order valence-corrected chi connectivity index (χ2v) is 7.77. The monoisotopic (exact) mass is 399 g/mol. The summed E-state index contributed by atoms with van der Waals surface area (Å²) in [6, 6.07) is 7.04. The minimum atomic E-state index is -0.809. The highest BCUT2D eigenvalue weighted by Crippen LogP contribution is 2.38. The number of para-hydroxylation sites is 2. The van der Waals surface area contributed by atoms with Gasteiger partial charge in [0.25, 0.3) is 5.91 Å². The zero-order valence-electron chi connectivity index (χ0n) is 16.4. The van der Waals surface area contributed by atoms with Crippen molar-refractivity contribution in [1.82, 2.24) is 10.2 Å². The highest BCUT2D eigenvalue weighted by molar-refractivity contribution is 6.06. The zero-order valence-corrected chi connectivity index (χ0v) is 16.4. The lowest BCUT2D eigenvalue weighted by molar-refractivity contribution is -0.140. The molecule has 4 amide bonds. The van der Waals surface area contributed by atoms with Crippen LogP contribution in [0.15, 0.2) is 24.3 Å². The third-order valence-electron chi connectivity index (χ3n) is 6.10. The van der Waals surface area contributed by atoms with Crippen molar-refractivity contribution in [3.8, 4) is 5.75 Å². The number of carbonyl (C=O) groups excluding carboxylic acids is 4. The number of benzene rings is 1. The van der Waals surface area contributed by atoms with Crippen molar-refractivity contribution < 1.29 is 23.9 Å². The van der Waals surface area contributed by atoms with E-state index >= 15 is 0 Å². The largest absolute Gasteiger partial charge is 0.477 e. The van der Waals surface area contributed by atoms with Gasteiger partial charge in [0.05, 0.1) is 24.1 Å². The quantitative estimate of drug-likeness (QED) is 0.765. The third-order valence-corrected chi connectivity index (χ3v) is 6.10.